The Kier molecular flexibility index (Phi) is 3.50. The molecule has 0 saturated carbocycles. The molecule has 1 atom stereocenters. The molecule has 0 aliphatic carbocycles. The van der Waals surface area contributed by atoms with Crippen molar-refractivity contribution >= 4 is 11.3 Å². The minimum absolute atomic E-state index is 0.608. The first-order chi connectivity index (χ1) is 8.11. The molecule has 0 aliphatic heterocycles. The molecule has 0 saturated heterocycles. The monoisotopic (exact) mass is 248 g/mol. The summed E-state index contributed by atoms with van der Waals surface area (Å²) in [4.78, 5) is 2.15. The van der Waals surface area contributed by atoms with E-state index in [0.717, 1.165) is 21.8 Å². The van der Waals surface area contributed by atoms with Crippen LogP contribution in [0.4, 0.5) is 0 Å². The lowest BCUT2D eigenvalue weighted by Crippen LogP contribution is -2.01. The molecule has 0 radical (unpaired) electrons. The third-order valence-corrected chi connectivity index (χ3v) is 3.76. The van der Waals surface area contributed by atoms with Crippen LogP contribution < -0.4 is 4.74 Å². The van der Waals surface area contributed by atoms with E-state index in [-0.39, 0.29) is 0 Å². The van der Waals surface area contributed by atoms with Crippen molar-refractivity contribution in [2.75, 3.05) is 7.11 Å². The summed E-state index contributed by atoms with van der Waals surface area (Å²) in [6.07, 6.45) is -0.608. The van der Waals surface area contributed by atoms with Crippen LogP contribution in [-0.2, 0) is 0 Å². The summed E-state index contributed by atoms with van der Waals surface area (Å²) in [5, 5.41) is 10.4. The number of aryl methyl sites for hydroxylation is 2. The number of ether oxygens (including phenoxy) is 1. The van der Waals surface area contributed by atoms with Crippen molar-refractivity contribution in [3.8, 4) is 5.75 Å². The van der Waals surface area contributed by atoms with E-state index in [1.165, 1.54) is 4.88 Å². The van der Waals surface area contributed by atoms with Gasteiger partial charge in [0.05, 0.1) is 7.11 Å². The summed E-state index contributed by atoms with van der Waals surface area (Å²) in [5.41, 5.74) is 1.95. The lowest BCUT2D eigenvalue weighted by Gasteiger charge is -2.14. The Labute approximate surface area is 105 Å². The Hall–Kier alpha value is -1.32. The summed E-state index contributed by atoms with van der Waals surface area (Å²) >= 11 is 1.61. The highest BCUT2D eigenvalue weighted by Crippen LogP contribution is 2.33. The number of methoxy groups -OCH3 is 1. The second-order valence-corrected chi connectivity index (χ2v) is 5.42. The van der Waals surface area contributed by atoms with Gasteiger partial charge in [-0.05, 0) is 38.1 Å². The van der Waals surface area contributed by atoms with Crippen molar-refractivity contribution in [1.82, 2.24) is 0 Å². The second kappa shape index (κ2) is 4.90. The van der Waals surface area contributed by atoms with Crippen molar-refractivity contribution in [2.24, 2.45) is 0 Å². The van der Waals surface area contributed by atoms with Crippen LogP contribution >= 0.6 is 11.3 Å². The molecule has 1 aromatic carbocycles. The number of aliphatic hydroxyl groups excluding tert-OH is 1. The third-order valence-electron chi connectivity index (χ3n) is 2.71. The van der Waals surface area contributed by atoms with Crippen LogP contribution in [0.25, 0.3) is 0 Å². The van der Waals surface area contributed by atoms with Gasteiger partial charge in [0.25, 0.3) is 0 Å². The van der Waals surface area contributed by atoms with Crippen molar-refractivity contribution in [2.45, 2.75) is 20.0 Å². The fraction of sp³-hybridized carbons (Fsp3) is 0.286. The molecule has 2 rings (SSSR count). The van der Waals surface area contributed by atoms with E-state index < -0.39 is 6.10 Å². The van der Waals surface area contributed by atoms with Gasteiger partial charge in [0.2, 0.25) is 0 Å². The van der Waals surface area contributed by atoms with Crippen LogP contribution in [-0.4, -0.2) is 12.2 Å². The van der Waals surface area contributed by atoms with Crippen molar-refractivity contribution in [1.29, 1.82) is 0 Å². The Morgan fingerprint density at radius 1 is 1.18 bits per heavy atom. The predicted octanol–water partition coefficient (Wildman–Crippen LogP) is 3.46. The minimum Gasteiger partial charge on any atom is -0.496 e. The zero-order chi connectivity index (χ0) is 12.4. The van der Waals surface area contributed by atoms with Gasteiger partial charge in [-0.1, -0.05) is 11.6 Å². The molecule has 1 N–H and O–H groups in total. The van der Waals surface area contributed by atoms with E-state index in [2.05, 4.69) is 0 Å². The van der Waals surface area contributed by atoms with Gasteiger partial charge in [-0.3, -0.25) is 0 Å². The molecular weight excluding hydrogens is 232 g/mol. The molecular formula is C14H16O2S. The van der Waals surface area contributed by atoms with Crippen molar-refractivity contribution in [3.63, 3.8) is 0 Å². The first-order valence-corrected chi connectivity index (χ1v) is 6.32. The number of aliphatic hydroxyl groups is 1. The van der Waals surface area contributed by atoms with E-state index in [1.54, 1.807) is 18.4 Å². The van der Waals surface area contributed by atoms with Gasteiger partial charge in [0.15, 0.2) is 0 Å². The predicted molar refractivity (Wildman–Crippen MR) is 70.8 cm³/mol. The van der Waals surface area contributed by atoms with Crippen LogP contribution in [0.1, 0.15) is 27.0 Å². The third kappa shape index (κ3) is 2.51. The maximum absolute atomic E-state index is 10.4. The van der Waals surface area contributed by atoms with Crippen molar-refractivity contribution < 1.29 is 9.84 Å². The molecule has 0 unspecified atom stereocenters. The normalized spacial score (nSPS) is 12.5. The smallest absolute Gasteiger partial charge is 0.125 e. The summed E-state index contributed by atoms with van der Waals surface area (Å²) in [6, 6.07) is 9.83. The number of rotatable bonds is 3. The molecule has 0 fully saturated rings. The van der Waals surface area contributed by atoms with Crippen LogP contribution in [0, 0.1) is 13.8 Å². The van der Waals surface area contributed by atoms with E-state index in [1.807, 2.05) is 44.2 Å². The highest BCUT2D eigenvalue weighted by molar-refractivity contribution is 7.12. The van der Waals surface area contributed by atoms with E-state index in [0.29, 0.717) is 0 Å². The lowest BCUT2D eigenvalue weighted by atomic mass is 10.0. The van der Waals surface area contributed by atoms with Gasteiger partial charge in [0, 0.05) is 15.3 Å². The van der Waals surface area contributed by atoms with Crippen molar-refractivity contribution in [3.05, 3.63) is 51.2 Å². The maximum Gasteiger partial charge on any atom is 0.125 e. The Bertz CT molecular complexity index is 517. The maximum atomic E-state index is 10.4. The minimum atomic E-state index is -0.608. The van der Waals surface area contributed by atoms with E-state index >= 15 is 0 Å². The Morgan fingerprint density at radius 3 is 2.53 bits per heavy atom. The first-order valence-electron chi connectivity index (χ1n) is 5.50. The quantitative estimate of drug-likeness (QED) is 0.901. The highest BCUT2D eigenvalue weighted by Gasteiger charge is 2.16. The molecule has 1 heterocycles. The van der Waals surface area contributed by atoms with Crippen LogP contribution in [0.5, 0.6) is 5.75 Å². The standard InChI is InChI=1S/C14H16O2S/c1-9-4-6-12(16-3)11(8-9)14(15)13-7-5-10(2)17-13/h4-8,14-15H,1-3H3/t14-/m1/s1. The average molecular weight is 248 g/mol. The topological polar surface area (TPSA) is 29.5 Å². The molecule has 0 spiro atoms. The number of benzene rings is 1. The summed E-state index contributed by atoms with van der Waals surface area (Å²) < 4.78 is 5.29. The fourth-order valence-corrected chi connectivity index (χ4v) is 2.70. The van der Waals surface area contributed by atoms with E-state index in [9.17, 15) is 5.11 Å². The Balaban J connectivity index is 2.42. The molecule has 0 bridgehead atoms. The van der Waals surface area contributed by atoms with E-state index in [4.69, 9.17) is 4.74 Å². The van der Waals surface area contributed by atoms with Gasteiger partial charge in [-0.2, -0.15) is 0 Å². The average Bonchev–Trinajstić information content (AvgIpc) is 2.75. The second-order valence-electron chi connectivity index (χ2n) is 4.10. The molecule has 90 valence electrons. The molecule has 0 aliphatic rings. The zero-order valence-corrected chi connectivity index (χ0v) is 11.0. The number of hydrogen-bond acceptors (Lipinski definition) is 3. The highest BCUT2D eigenvalue weighted by atomic mass is 32.1. The number of thiophene rings is 1. The fourth-order valence-electron chi connectivity index (χ4n) is 1.82. The Morgan fingerprint density at radius 2 is 1.94 bits per heavy atom. The van der Waals surface area contributed by atoms with Gasteiger partial charge in [0.1, 0.15) is 11.9 Å². The first kappa shape index (κ1) is 12.1. The molecule has 0 amide bonds. The van der Waals surface area contributed by atoms with Gasteiger partial charge in [-0.15, -0.1) is 11.3 Å². The molecule has 1 aromatic heterocycles. The van der Waals surface area contributed by atoms with Gasteiger partial charge in [-0.25, -0.2) is 0 Å². The van der Waals surface area contributed by atoms with Crippen LogP contribution in [0.15, 0.2) is 30.3 Å². The largest absolute Gasteiger partial charge is 0.496 e. The molecule has 17 heavy (non-hydrogen) atoms. The summed E-state index contributed by atoms with van der Waals surface area (Å²) in [6.45, 7) is 4.05. The van der Waals surface area contributed by atoms with Gasteiger partial charge >= 0.3 is 0 Å². The van der Waals surface area contributed by atoms with Gasteiger partial charge < -0.3 is 9.84 Å². The van der Waals surface area contributed by atoms with Crippen LogP contribution in [0.3, 0.4) is 0 Å². The lowest BCUT2D eigenvalue weighted by molar-refractivity contribution is 0.218. The zero-order valence-electron chi connectivity index (χ0n) is 10.2. The van der Waals surface area contributed by atoms with Crippen LogP contribution in [0.2, 0.25) is 0 Å². The summed E-state index contributed by atoms with van der Waals surface area (Å²) in [7, 11) is 1.63. The molecule has 2 nitrogen and oxygen atoms in total. The molecule has 2 aromatic rings. The number of hydrogen-bond donors (Lipinski definition) is 1. The molecule has 3 heteroatoms. The summed E-state index contributed by atoms with van der Waals surface area (Å²) in [5.74, 6) is 0.731. The SMILES string of the molecule is COc1ccc(C)cc1[C@@H](O)c1ccc(C)s1.